The molecule has 0 aliphatic heterocycles. The van der Waals surface area contributed by atoms with Gasteiger partial charge in [-0.05, 0) is 42.3 Å². The number of anilines is 1. The van der Waals surface area contributed by atoms with Crippen molar-refractivity contribution in [2.24, 2.45) is 5.92 Å². The highest BCUT2D eigenvalue weighted by Crippen LogP contribution is 2.15. The maximum absolute atomic E-state index is 13.1. The van der Waals surface area contributed by atoms with Gasteiger partial charge in [0.25, 0.3) is 5.91 Å². The zero-order chi connectivity index (χ0) is 19.1. The van der Waals surface area contributed by atoms with Crippen LogP contribution in [0.3, 0.4) is 0 Å². The molecule has 26 heavy (non-hydrogen) atoms. The lowest BCUT2D eigenvalue weighted by Gasteiger charge is -2.09. The summed E-state index contributed by atoms with van der Waals surface area (Å²) in [6.07, 6.45) is 0. The molecule has 0 atom stereocenters. The summed E-state index contributed by atoms with van der Waals surface area (Å²) in [7, 11) is 0. The van der Waals surface area contributed by atoms with Crippen LogP contribution in [0.4, 0.5) is 14.5 Å². The summed E-state index contributed by atoms with van der Waals surface area (Å²) in [4.78, 5) is 23.6. The first kappa shape index (κ1) is 19.4. The number of amides is 1. The Morgan fingerprint density at radius 1 is 1.04 bits per heavy atom. The first-order chi connectivity index (χ1) is 12.3. The molecule has 0 heterocycles. The van der Waals surface area contributed by atoms with E-state index in [2.05, 4.69) is 5.32 Å². The van der Waals surface area contributed by atoms with E-state index in [9.17, 15) is 18.4 Å². The number of nitrogens with one attached hydrogen (secondary N) is 1. The Kier molecular flexibility index (Phi) is 6.66. The third-order valence-electron chi connectivity index (χ3n) is 3.21. The molecular weight excluding hydrogens is 344 g/mol. The Morgan fingerprint density at radius 2 is 1.73 bits per heavy atom. The molecule has 7 heteroatoms. The molecule has 0 aliphatic carbocycles. The van der Waals surface area contributed by atoms with Crippen LogP contribution in [0.15, 0.2) is 42.5 Å². The average Bonchev–Trinajstić information content (AvgIpc) is 2.61. The predicted molar refractivity (Wildman–Crippen MR) is 92.0 cm³/mol. The van der Waals surface area contributed by atoms with Crippen LogP contribution in [-0.4, -0.2) is 25.1 Å². The average molecular weight is 363 g/mol. The maximum Gasteiger partial charge on any atom is 0.338 e. The molecule has 138 valence electrons. The van der Waals surface area contributed by atoms with Crippen LogP contribution in [0.2, 0.25) is 0 Å². The predicted octanol–water partition coefficient (Wildman–Crippen LogP) is 3.80. The van der Waals surface area contributed by atoms with E-state index in [0.29, 0.717) is 18.3 Å². The van der Waals surface area contributed by atoms with Gasteiger partial charge in [0.2, 0.25) is 0 Å². The quantitative estimate of drug-likeness (QED) is 0.760. The van der Waals surface area contributed by atoms with Gasteiger partial charge in [-0.25, -0.2) is 13.6 Å². The van der Waals surface area contributed by atoms with Crippen molar-refractivity contribution in [3.8, 4) is 5.75 Å². The zero-order valence-corrected chi connectivity index (χ0v) is 14.4. The fourth-order valence-corrected chi connectivity index (χ4v) is 1.94. The van der Waals surface area contributed by atoms with Gasteiger partial charge in [-0.2, -0.15) is 0 Å². The summed E-state index contributed by atoms with van der Waals surface area (Å²) in [6, 6.07) is 9.27. The molecule has 0 bridgehead atoms. The van der Waals surface area contributed by atoms with Gasteiger partial charge in [0, 0.05) is 11.8 Å². The number of rotatable bonds is 7. The maximum atomic E-state index is 13.1. The third-order valence-corrected chi connectivity index (χ3v) is 3.21. The van der Waals surface area contributed by atoms with Gasteiger partial charge in [-0.1, -0.05) is 13.8 Å². The lowest BCUT2D eigenvalue weighted by molar-refractivity contribution is -0.119. The fourth-order valence-electron chi connectivity index (χ4n) is 1.94. The third kappa shape index (κ3) is 5.84. The Hall–Kier alpha value is -2.96. The topological polar surface area (TPSA) is 64.6 Å². The fraction of sp³-hybridized carbons (Fsp3) is 0.263. The van der Waals surface area contributed by atoms with Crippen molar-refractivity contribution in [3.05, 3.63) is 59.7 Å². The van der Waals surface area contributed by atoms with Crippen molar-refractivity contribution in [1.82, 2.24) is 0 Å². The molecule has 0 aromatic heterocycles. The molecule has 0 spiro atoms. The molecule has 0 saturated heterocycles. The summed E-state index contributed by atoms with van der Waals surface area (Å²) in [5.41, 5.74) is 0.333. The minimum Gasteiger partial charge on any atom is -0.493 e. The van der Waals surface area contributed by atoms with Crippen molar-refractivity contribution < 1.29 is 27.8 Å². The Bertz CT molecular complexity index is 776. The number of carbonyl (C=O) groups is 2. The second-order valence-electron chi connectivity index (χ2n) is 5.98. The first-order valence-electron chi connectivity index (χ1n) is 8.00. The summed E-state index contributed by atoms with van der Waals surface area (Å²) in [6.45, 7) is 4.06. The van der Waals surface area contributed by atoms with E-state index in [1.807, 2.05) is 13.8 Å². The van der Waals surface area contributed by atoms with E-state index in [1.165, 1.54) is 18.2 Å². The highest BCUT2D eigenvalue weighted by molar-refractivity contribution is 5.95. The second kappa shape index (κ2) is 8.94. The van der Waals surface area contributed by atoms with Crippen molar-refractivity contribution >= 4 is 17.6 Å². The number of benzene rings is 2. The highest BCUT2D eigenvalue weighted by atomic mass is 19.2. The van der Waals surface area contributed by atoms with Crippen LogP contribution in [0, 0.1) is 17.6 Å². The van der Waals surface area contributed by atoms with Gasteiger partial charge in [0.05, 0.1) is 12.2 Å². The second-order valence-corrected chi connectivity index (χ2v) is 5.98. The normalized spacial score (nSPS) is 10.5. The van der Waals surface area contributed by atoms with Gasteiger partial charge in [0.1, 0.15) is 5.75 Å². The molecular formula is C19H19F2NO4. The van der Waals surface area contributed by atoms with Crippen molar-refractivity contribution in [1.29, 1.82) is 0 Å². The molecule has 0 unspecified atom stereocenters. The summed E-state index contributed by atoms with van der Waals surface area (Å²) in [5.74, 6) is -2.43. The molecule has 2 aromatic rings. The molecule has 1 N–H and O–H groups in total. The zero-order valence-electron chi connectivity index (χ0n) is 14.4. The molecule has 2 rings (SSSR count). The lowest BCUT2D eigenvalue weighted by Crippen LogP contribution is -2.21. The van der Waals surface area contributed by atoms with Gasteiger partial charge in [-0.3, -0.25) is 4.79 Å². The largest absolute Gasteiger partial charge is 0.493 e. The van der Waals surface area contributed by atoms with Crippen molar-refractivity contribution in [2.45, 2.75) is 13.8 Å². The van der Waals surface area contributed by atoms with Gasteiger partial charge < -0.3 is 14.8 Å². The molecule has 5 nitrogen and oxygen atoms in total. The molecule has 0 radical (unpaired) electrons. The van der Waals surface area contributed by atoms with E-state index in [0.717, 1.165) is 12.1 Å². The smallest absolute Gasteiger partial charge is 0.338 e. The number of hydrogen-bond donors (Lipinski definition) is 1. The minimum atomic E-state index is -1.08. The van der Waals surface area contributed by atoms with Crippen LogP contribution >= 0.6 is 0 Å². The molecule has 1 amide bonds. The Labute approximate surface area is 149 Å². The number of carbonyl (C=O) groups excluding carboxylic acids is 2. The van der Waals surface area contributed by atoms with Gasteiger partial charge in [0.15, 0.2) is 18.2 Å². The van der Waals surface area contributed by atoms with Crippen molar-refractivity contribution in [3.63, 3.8) is 0 Å². The molecule has 0 aliphatic rings. The number of hydrogen-bond acceptors (Lipinski definition) is 4. The number of esters is 1. The number of halogens is 2. The van der Waals surface area contributed by atoms with Crippen LogP contribution in [0.25, 0.3) is 0 Å². The SMILES string of the molecule is CC(C)COc1ccc(C(=O)OCC(=O)Nc2ccc(F)c(F)c2)cc1. The van der Waals surface area contributed by atoms with E-state index in [-0.39, 0.29) is 11.3 Å². The standard InChI is InChI=1S/C19H19F2NO4/c1-12(2)10-25-15-6-3-13(4-7-15)19(24)26-11-18(23)22-14-5-8-16(20)17(21)9-14/h3-9,12H,10-11H2,1-2H3,(H,22,23). The minimum absolute atomic E-state index is 0.0663. The van der Waals surface area contributed by atoms with Gasteiger partial charge >= 0.3 is 5.97 Å². The van der Waals surface area contributed by atoms with Crippen LogP contribution in [0.1, 0.15) is 24.2 Å². The van der Waals surface area contributed by atoms with Gasteiger partial charge in [-0.15, -0.1) is 0 Å². The van der Waals surface area contributed by atoms with Crippen LogP contribution in [0.5, 0.6) is 5.75 Å². The van der Waals surface area contributed by atoms with E-state index in [4.69, 9.17) is 9.47 Å². The highest BCUT2D eigenvalue weighted by Gasteiger charge is 2.11. The van der Waals surface area contributed by atoms with Crippen LogP contribution in [-0.2, 0) is 9.53 Å². The summed E-state index contributed by atoms with van der Waals surface area (Å²) < 4.78 is 36.3. The van der Waals surface area contributed by atoms with E-state index in [1.54, 1.807) is 12.1 Å². The molecule has 0 fully saturated rings. The monoisotopic (exact) mass is 363 g/mol. The Balaban J connectivity index is 1.83. The number of ether oxygens (including phenoxy) is 2. The van der Waals surface area contributed by atoms with Crippen molar-refractivity contribution in [2.75, 3.05) is 18.5 Å². The summed E-state index contributed by atoms with van der Waals surface area (Å²) in [5, 5.41) is 2.31. The summed E-state index contributed by atoms with van der Waals surface area (Å²) >= 11 is 0. The first-order valence-corrected chi connectivity index (χ1v) is 8.00. The molecule has 0 saturated carbocycles. The van der Waals surface area contributed by atoms with E-state index < -0.39 is 30.1 Å². The van der Waals surface area contributed by atoms with Crippen LogP contribution < -0.4 is 10.1 Å². The molecule has 2 aromatic carbocycles. The van der Waals surface area contributed by atoms with E-state index >= 15 is 0 Å². The Morgan fingerprint density at radius 3 is 2.35 bits per heavy atom. The lowest BCUT2D eigenvalue weighted by atomic mass is 10.2.